The van der Waals surface area contributed by atoms with Crippen molar-refractivity contribution in [3.8, 4) is 0 Å². The van der Waals surface area contributed by atoms with Crippen LogP contribution in [0.25, 0.3) is 0 Å². The number of anilines is 1. The number of ether oxygens (including phenoxy) is 1. The van der Waals surface area contributed by atoms with E-state index in [2.05, 4.69) is 16.8 Å². The molecule has 1 aromatic rings. The van der Waals surface area contributed by atoms with Crippen molar-refractivity contribution in [3.63, 3.8) is 0 Å². The molecule has 6 heteroatoms. The molecule has 0 radical (unpaired) electrons. The summed E-state index contributed by atoms with van der Waals surface area (Å²) in [5.41, 5.74) is 0.675. The highest BCUT2D eigenvalue weighted by Gasteiger charge is 2.27. The topological polar surface area (TPSA) is 62.7 Å². The number of aromatic nitrogens is 1. The maximum atomic E-state index is 11.1. The third-order valence-corrected chi connectivity index (χ3v) is 4.19. The Labute approximate surface area is 110 Å². The lowest BCUT2D eigenvalue weighted by Gasteiger charge is -2.36. The molecule has 1 aromatic heterocycles. The highest BCUT2D eigenvalue weighted by Crippen LogP contribution is 2.30. The molecule has 0 aromatic carbocycles. The largest absolute Gasteiger partial charge is 0.477 e. The molecule has 2 heterocycles. The number of morpholine rings is 1. The van der Waals surface area contributed by atoms with Gasteiger partial charge in [0.2, 0.25) is 0 Å². The van der Waals surface area contributed by atoms with Crippen LogP contribution >= 0.6 is 11.3 Å². The van der Waals surface area contributed by atoms with E-state index in [0.717, 1.165) is 11.7 Å². The van der Waals surface area contributed by atoms with Crippen LogP contribution in [0.4, 0.5) is 5.13 Å². The summed E-state index contributed by atoms with van der Waals surface area (Å²) in [6.07, 6.45) is 0.801. The smallest absolute Gasteiger partial charge is 0.347 e. The maximum Gasteiger partial charge on any atom is 0.347 e. The number of aromatic carboxylic acids is 1. The molecule has 1 saturated heterocycles. The zero-order valence-electron chi connectivity index (χ0n) is 10.8. The molecular formula is C12H18N2O3S. The lowest BCUT2D eigenvalue weighted by Crippen LogP contribution is -2.47. The predicted molar refractivity (Wildman–Crippen MR) is 70.7 cm³/mol. The van der Waals surface area contributed by atoms with Gasteiger partial charge in [0.05, 0.1) is 24.4 Å². The Kier molecular flexibility index (Phi) is 3.87. The number of nitrogens with zero attached hydrogens (tertiary/aromatic N) is 2. The summed E-state index contributed by atoms with van der Waals surface area (Å²) < 4.78 is 5.57. The van der Waals surface area contributed by atoms with Crippen LogP contribution in [0.3, 0.4) is 0 Å². The summed E-state index contributed by atoms with van der Waals surface area (Å²) in [5, 5.41) is 9.95. The van der Waals surface area contributed by atoms with Crippen molar-refractivity contribution in [1.82, 2.24) is 4.98 Å². The minimum Gasteiger partial charge on any atom is -0.477 e. The predicted octanol–water partition coefficient (Wildman–Crippen LogP) is 2.02. The zero-order valence-corrected chi connectivity index (χ0v) is 11.7. The van der Waals surface area contributed by atoms with Crippen molar-refractivity contribution in [2.45, 2.75) is 39.3 Å². The highest BCUT2D eigenvalue weighted by atomic mass is 32.1. The monoisotopic (exact) mass is 270 g/mol. The first-order valence-corrected chi connectivity index (χ1v) is 6.95. The molecule has 1 fully saturated rings. The molecule has 2 unspecified atom stereocenters. The van der Waals surface area contributed by atoms with E-state index in [0.29, 0.717) is 23.6 Å². The number of carboxylic acids is 1. The van der Waals surface area contributed by atoms with Gasteiger partial charge in [-0.2, -0.15) is 0 Å². The minimum atomic E-state index is -0.885. The molecule has 1 aliphatic heterocycles. The summed E-state index contributed by atoms with van der Waals surface area (Å²) >= 11 is 1.26. The number of thiazole rings is 1. The van der Waals surface area contributed by atoms with Gasteiger partial charge in [-0.15, -0.1) is 0 Å². The summed E-state index contributed by atoms with van der Waals surface area (Å²) in [4.78, 5) is 18.1. The molecule has 18 heavy (non-hydrogen) atoms. The molecule has 0 amide bonds. The second-order valence-corrected chi connectivity index (χ2v) is 5.55. The van der Waals surface area contributed by atoms with Crippen LogP contribution in [0.15, 0.2) is 0 Å². The summed E-state index contributed by atoms with van der Waals surface area (Å²) in [6.45, 7) is 7.43. The number of hydrogen-bond donors (Lipinski definition) is 1. The normalized spacial score (nSPS) is 24.3. The van der Waals surface area contributed by atoms with E-state index in [4.69, 9.17) is 9.84 Å². The van der Waals surface area contributed by atoms with Gasteiger partial charge in [-0.1, -0.05) is 18.3 Å². The zero-order chi connectivity index (χ0) is 13.3. The van der Waals surface area contributed by atoms with Gasteiger partial charge in [-0.25, -0.2) is 9.78 Å². The number of hydrogen-bond acceptors (Lipinski definition) is 5. The minimum absolute atomic E-state index is 0.156. The molecule has 0 saturated carbocycles. The van der Waals surface area contributed by atoms with Crippen molar-refractivity contribution in [1.29, 1.82) is 0 Å². The van der Waals surface area contributed by atoms with Gasteiger partial charge in [0.15, 0.2) is 5.13 Å². The van der Waals surface area contributed by atoms with E-state index >= 15 is 0 Å². The lowest BCUT2D eigenvalue weighted by molar-refractivity contribution is 0.0343. The molecule has 0 spiro atoms. The third kappa shape index (κ3) is 2.49. The lowest BCUT2D eigenvalue weighted by atomic mass is 10.2. The van der Waals surface area contributed by atoms with Crippen LogP contribution in [0, 0.1) is 0 Å². The van der Waals surface area contributed by atoms with Crippen molar-refractivity contribution in [2.24, 2.45) is 0 Å². The van der Waals surface area contributed by atoms with Crippen molar-refractivity contribution in [3.05, 3.63) is 10.6 Å². The second-order valence-electron chi connectivity index (χ2n) is 4.58. The van der Waals surface area contributed by atoms with Crippen LogP contribution in [-0.2, 0) is 11.2 Å². The van der Waals surface area contributed by atoms with Crippen LogP contribution in [0.1, 0.15) is 36.1 Å². The fraction of sp³-hybridized carbons (Fsp3) is 0.667. The average Bonchev–Trinajstić information content (AvgIpc) is 2.76. The Balaban J connectivity index is 2.29. The maximum absolute atomic E-state index is 11.1. The Bertz CT molecular complexity index is 447. The van der Waals surface area contributed by atoms with E-state index in [1.54, 1.807) is 0 Å². The molecular weight excluding hydrogens is 252 g/mol. The Morgan fingerprint density at radius 2 is 2.33 bits per heavy atom. The van der Waals surface area contributed by atoms with E-state index in [-0.39, 0.29) is 12.1 Å². The van der Waals surface area contributed by atoms with Crippen LogP contribution in [-0.4, -0.2) is 41.4 Å². The van der Waals surface area contributed by atoms with Crippen LogP contribution in [0.2, 0.25) is 0 Å². The quantitative estimate of drug-likeness (QED) is 0.910. The SMILES string of the molecule is CCc1nc(N2CC(C)OCC2C)sc1C(=O)O. The molecule has 1 aliphatic rings. The fourth-order valence-electron chi connectivity index (χ4n) is 2.04. The van der Waals surface area contributed by atoms with Gasteiger partial charge in [-0.3, -0.25) is 0 Å². The first-order valence-electron chi connectivity index (χ1n) is 6.14. The van der Waals surface area contributed by atoms with E-state index in [1.807, 2.05) is 13.8 Å². The van der Waals surface area contributed by atoms with Gasteiger partial charge in [-0.05, 0) is 20.3 Å². The highest BCUT2D eigenvalue weighted by molar-refractivity contribution is 7.17. The number of aryl methyl sites for hydroxylation is 1. The van der Waals surface area contributed by atoms with Crippen LogP contribution in [0.5, 0.6) is 0 Å². The van der Waals surface area contributed by atoms with Crippen molar-refractivity contribution < 1.29 is 14.6 Å². The van der Waals surface area contributed by atoms with Crippen LogP contribution < -0.4 is 4.90 Å². The molecule has 2 atom stereocenters. The van der Waals surface area contributed by atoms with Gasteiger partial charge in [0.25, 0.3) is 0 Å². The van der Waals surface area contributed by atoms with E-state index in [1.165, 1.54) is 11.3 Å². The number of rotatable bonds is 3. The molecule has 1 N–H and O–H groups in total. The Morgan fingerprint density at radius 1 is 1.61 bits per heavy atom. The van der Waals surface area contributed by atoms with Crippen molar-refractivity contribution in [2.75, 3.05) is 18.1 Å². The third-order valence-electron chi connectivity index (χ3n) is 3.07. The Morgan fingerprint density at radius 3 is 2.89 bits per heavy atom. The average molecular weight is 270 g/mol. The molecule has 5 nitrogen and oxygen atoms in total. The number of carbonyl (C=O) groups is 1. The summed E-state index contributed by atoms with van der Waals surface area (Å²) in [5.74, 6) is -0.885. The van der Waals surface area contributed by atoms with Crippen molar-refractivity contribution >= 4 is 22.4 Å². The second kappa shape index (κ2) is 5.24. The summed E-state index contributed by atoms with van der Waals surface area (Å²) in [7, 11) is 0. The van der Waals surface area contributed by atoms with Gasteiger partial charge in [0, 0.05) is 6.54 Å². The molecule has 0 bridgehead atoms. The standard InChI is InChI=1S/C12H18N2O3S/c1-4-9-10(11(15)16)18-12(13-9)14-5-8(3)17-6-7(14)2/h7-8H,4-6H2,1-3H3,(H,15,16). The summed E-state index contributed by atoms with van der Waals surface area (Å²) in [6, 6.07) is 0.235. The Hall–Kier alpha value is -1.14. The van der Waals surface area contributed by atoms with Gasteiger partial charge in [0.1, 0.15) is 4.88 Å². The fourth-order valence-corrected chi connectivity index (χ4v) is 3.14. The molecule has 2 rings (SSSR count). The first kappa shape index (κ1) is 13.3. The first-order chi connectivity index (χ1) is 8.52. The van der Waals surface area contributed by atoms with Gasteiger partial charge >= 0.3 is 5.97 Å². The molecule has 100 valence electrons. The van der Waals surface area contributed by atoms with E-state index < -0.39 is 5.97 Å². The molecule has 0 aliphatic carbocycles. The van der Waals surface area contributed by atoms with E-state index in [9.17, 15) is 4.79 Å². The number of carboxylic acid groups (broad SMARTS) is 1. The van der Waals surface area contributed by atoms with Gasteiger partial charge < -0.3 is 14.7 Å².